The van der Waals surface area contributed by atoms with E-state index in [0.717, 1.165) is 5.69 Å². The second-order valence-electron chi connectivity index (χ2n) is 6.51. The maximum Gasteiger partial charge on any atom is 0.259 e. The summed E-state index contributed by atoms with van der Waals surface area (Å²) in [6.07, 6.45) is 5.28. The second kappa shape index (κ2) is 9.47. The lowest BCUT2D eigenvalue weighted by molar-refractivity contribution is 0.102. The molecule has 1 aromatic carbocycles. The Labute approximate surface area is 175 Å². The van der Waals surface area contributed by atoms with Gasteiger partial charge in [-0.25, -0.2) is 22.8 Å². The molecule has 3 aromatic rings. The second-order valence-corrected chi connectivity index (χ2v) is 8.31. The van der Waals surface area contributed by atoms with E-state index in [9.17, 15) is 13.2 Å². The Morgan fingerprint density at radius 2 is 1.97 bits per heavy atom. The molecule has 0 saturated carbocycles. The third kappa shape index (κ3) is 5.19. The van der Waals surface area contributed by atoms with Gasteiger partial charge in [0.25, 0.3) is 5.91 Å². The molecule has 0 aliphatic carbocycles. The lowest BCUT2D eigenvalue weighted by atomic mass is 10.1. The number of rotatable bonds is 9. The molecule has 0 aliphatic heterocycles. The Hall–Kier alpha value is -3.30. The molecule has 2 N–H and O–H groups in total. The van der Waals surface area contributed by atoms with Crippen LogP contribution in [0.4, 0.5) is 5.69 Å². The molecule has 2 aromatic heterocycles. The molecule has 1 amide bonds. The van der Waals surface area contributed by atoms with E-state index in [1.54, 1.807) is 35.1 Å². The summed E-state index contributed by atoms with van der Waals surface area (Å²) < 4.78 is 28.0. The van der Waals surface area contributed by atoms with Crippen molar-refractivity contribution >= 4 is 21.6 Å². The van der Waals surface area contributed by atoms with Gasteiger partial charge in [-0.05, 0) is 36.2 Å². The van der Waals surface area contributed by atoms with Gasteiger partial charge >= 0.3 is 0 Å². The van der Waals surface area contributed by atoms with Gasteiger partial charge in [0, 0.05) is 18.4 Å². The molecule has 9 heteroatoms. The fourth-order valence-corrected chi connectivity index (χ4v) is 4.02. The number of carbonyl (C=O) groups is 1. The molecule has 30 heavy (non-hydrogen) atoms. The predicted octanol–water partition coefficient (Wildman–Crippen LogP) is 2.69. The molecule has 0 saturated heterocycles. The average Bonchev–Trinajstić information content (AvgIpc) is 3.18. The number of pyridine rings is 1. The molecule has 0 radical (unpaired) electrons. The van der Waals surface area contributed by atoms with Crippen molar-refractivity contribution in [1.29, 1.82) is 0 Å². The SMILES string of the molecule is C=CCNS(=O)(=O)Cc1ccc(NC(=O)c2cnn(-c3ccccn3)c2CC)cc1. The fraction of sp³-hybridized carbons (Fsp3) is 0.190. The molecule has 0 atom stereocenters. The van der Waals surface area contributed by atoms with Crippen LogP contribution >= 0.6 is 0 Å². The van der Waals surface area contributed by atoms with E-state index in [2.05, 4.69) is 26.7 Å². The number of nitrogens with zero attached hydrogens (tertiary/aromatic N) is 3. The van der Waals surface area contributed by atoms with Gasteiger partial charge in [-0.15, -0.1) is 6.58 Å². The van der Waals surface area contributed by atoms with Crippen molar-refractivity contribution in [2.75, 3.05) is 11.9 Å². The summed E-state index contributed by atoms with van der Waals surface area (Å²) in [6.45, 7) is 5.62. The molecule has 156 valence electrons. The van der Waals surface area contributed by atoms with Crippen LogP contribution in [-0.4, -0.2) is 35.6 Å². The number of anilines is 1. The maximum absolute atomic E-state index is 12.8. The van der Waals surface area contributed by atoms with E-state index in [-0.39, 0.29) is 18.2 Å². The van der Waals surface area contributed by atoms with Crippen molar-refractivity contribution in [3.8, 4) is 5.82 Å². The van der Waals surface area contributed by atoms with Crippen LogP contribution in [0.3, 0.4) is 0 Å². The zero-order valence-electron chi connectivity index (χ0n) is 16.6. The smallest absolute Gasteiger partial charge is 0.259 e. The Morgan fingerprint density at radius 1 is 1.20 bits per heavy atom. The number of sulfonamides is 1. The Balaban J connectivity index is 1.72. The molecular weight excluding hydrogens is 402 g/mol. The normalized spacial score (nSPS) is 11.2. The van der Waals surface area contributed by atoms with E-state index >= 15 is 0 Å². The highest BCUT2D eigenvalue weighted by Gasteiger charge is 2.18. The monoisotopic (exact) mass is 425 g/mol. The van der Waals surface area contributed by atoms with Gasteiger partial charge in [0.2, 0.25) is 10.0 Å². The first kappa shape index (κ1) is 21.4. The van der Waals surface area contributed by atoms with E-state index in [4.69, 9.17) is 0 Å². The summed E-state index contributed by atoms with van der Waals surface area (Å²) >= 11 is 0. The summed E-state index contributed by atoms with van der Waals surface area (Å²) in [5.41, 5.74) is 2.39. The number of hydrogen-bond acceptors (Lipinski definition) is 5. The number of nitrogens with one attached hydrogen (secondary N) is 2. The molecular formula is C21H23N5O3S. The number of carbonyl (C=O) groups excluding carboxylic acids is 1. The van der Waals surface area contributed by atoms with E-state index in [0.29, 0.717) is 29.1 Å². The van der Waals surface area contributed by atoms with E-state index in [1.807, 2.05) is 25.1 Å². The van der Waals surface area contributed by atoms with Crippen LogP contribution in [0.5, 0.6) is 0 Å². The minimum absolute atomic E-state index is 0.147. The fourth-order valence-electron chi connectivity index (χ4n) is 2.92. The van der Waals surface area contributed by atoms with Gasteiger partial charge in [0.15, 0.2) is 5.82 Å². The van der Waals surface area contributed by atoms with Crippen LogP contribution in [0.25, 0.3) is 5.82 Å². The summed E-state index contributed by atoms with van der Waals surface area (Å²) in [4.78, 5) is 17.1. The summed E-state index contributed by atoms with van der Waals surface area (Å²) in [5.74, 6) is 0.206. The van der Waals surface area contributed by atoms with Gasteiger partial charge in [-0.1, -0.05) is 31.2 Å². The zero-order chi connectivity index (χ0) is 21.6. The lowest BCUT2D eigenvalue weighted by Gasteiger charge is -2.09. The number of benzene rings is 1. The third-order valence-corrected chi connectivity index (χ3v) is 5.65. The molecule has 3 rings (SSSR count). The van der Waals surface area contributed by atoms with Crippen LogP contribution in [0, 0.1) is 0 Å². The summed E-state index contributed by atoms with van der Waals surface area (Å²) in [5, 5.41) is 7.14. The summed E-state index contributed by atoms with van der Waals surface area (Å²) in [7, 11) is -3.43. The van der Waals surface area contributed by atoms with Gasteiger partial charge in [0.05, 0.1) is 23.2 Å². The van der Waals surface area contributed by atoms with Gasteiger partial charge < -0.3 is 5.32 Å². The standard InChI is InChI=1S/C21H23N5O3S/c1-3-12-24-30(28,29)15-16-8-10-17(11-9-16)25-21(27)18-14-23-26(19(18)4-2)20-7-5-6-13-22-20/h3,5-11,13-14,24H,1,4,12,15H2,2H3,(H,25,27). The van der Waals surface area contributed by atoms with Crippen LogP contribution in [0.2, 0.25) is 0 Å². The molecule has 0 aliphatic rings. The van der Waals surface area contributed by atoms with Crippen molar-refractivity contribution < 1.29 is 13.2 Å². The van der Waals surface area contributed by atoms with Crippen molar-refractivity contribution in [2.24, 2.45) is 0 Å². The van der Waals surface area contributed by atoms with Crippen LogP contribution in [-0.2, 0) is 22.2 Å². The minimum Gasteiger partial charge on any atom is -0.322 e. The highest BCUT2D eigenvalue weighted by molar-refractivity contribution is 7.88. The van der Waals surface area contributed by atoms with E-state index in [1.165, 1.54) is 12.3 Å². The highest BCUT2D eigenvalue weighted by atomic mass is 32.2. The van der Waals surface area contributed by atoms with E-state index < -0.39 is 10.0 Å². The first-order chi connectivity index (χ1) is 14.4. The van der Waals surface area contributed by atoms with Crippen LogP contribution in [0.1, 0.15) is 28.5 Å². The number of amides is 1. The predicted molar refractivity (Wildman–Crippen MR) is 116 cm³/mol. The average molecular weight is 426 g/mol. The third-order valence-electron chi connectivity index (χ3n) is 4.33. The van der Waals surface area contributed by atoms with Crippen LogP contribution < -0.4 is 10.0 Å². The molecule has 2 heterocycles. The van der Waals surface area contributed by atoms with Crippen molar-refractivity contribution in [3.05, 3.63) is 84.3 Å². The zero-order valence-corrected chi connectivity index (χ0v) is 17.4. The largest absolute Gasteiger partial charge is 0.322 e. The molecule has 8 nitrogen and oxygen atoms in total. The Kier molecular flexibility index (Phi) is 6.76. The summed E-state index contributed by atoms with van der Waals surface area (Å²) in [6, 6.07) is 12.2. The quantitative estimate of drug-likeness (QED) is 0.513. The topological polar surface area (TPSA) is 106 Å². The molecule has 0 spiro atoms. The van der Waals surface area contributed by atoms with Crippen LogP contribution in [0.15, 0.2) is 67.5 Å². The van der Waals surface area contributed by atoms with Crippen molar-refractivity contribution in [2.45, 2.75) is 19.1 Å². The number of aromatic nitrogens is 3. The lowest BCUT2D eigenvalue weighted by Crippen LogP contribution is -2.25. The molecule has 0 bridgehead atoms. The molecule has 0 fully saturated rings. The first-order valence-electron chi connectivity index (χ1n) is 9.40. The first-order valence-corrected chi connectivity index (χ1v) is 11.1. The number of hydrogen-bond donors (Lipinski definition) is 2. The molecule has 0 unspecified atom stereocenters. The van der Waals surface area contributed by atoms with Gasteiger partial charge in [0.1, 0.15) is 0 Å². The maximum atomic E-state index is 12.8. The van der Waals surface area contributed by atoms with Crippen molar-refractivity contribution in [3.63, 3.8) is 0 Å². The Morgan fingerprint density at radius 3 is 2.60 bits per heavy atom. The minimum atomic E-state index is -3.43. The highest BCUT2D eigenvalue weighted by Crippen LogP contribution is 2.17. The Bertz CT molecular complexity index is 1120. The van der Waals surface area contributed by atoms with Gasteiger partial charge in [-0.3, -0.25) is 4.79 Å². The van der Waals surface area contributed by atoms with Crippen molar-refractivity contribution in [1.82, 2.24) is 19.5 Å². The van der Waals surface area contributed by atoms with Gasteiger partial charge in [-0.2, -0.15) is 5.10 Å².